The fraction of sp³-hybridized carbons (Fsp3) is 0.404. The Bertz CT molecular complexity index is 2690. The fourth-order valence-electron chi connectivity index (χ4n) is 9.92. The van der Waals surface area contributed by atoms with Gasteiger partial charge >= 0.3 is 6.01 Å². The minimum atomic E-state index is -0.416. The van der Waals surface area contributed by atoms with Crippen LogP contribution in [0.2, 0.25) is 5.02 Å². The van der Waals surface area contributed by atoms with Gasteiger partial charge in [-0.25, -0.2) is 0 Å². The number of anilines is 3. The Hall–Kier alpha value is -6.26. The van der Waals surface area contributed by atoms with Crippen LogP contribution < -0.4 is 19.4 Å². The van der Waals surface area contributed by atoms with Crippen LogP contribution in [0.25, 0.3) is 10.8 Å². The van der Waals surface area contributed by atoms with E-state index in [0.717, 1.165) is 109 Å². The Morgan fingerprint density at radius 1 is 0.912 bits per heavy atom. The second kappa shape index (κ2) is 20.1. The lowest BCUT2D eigenvalue weighted by Crippen LogP contribution is -2.49. The van der Waals surface area contributed by atoms with Crippen LogP contribution in [-0.2, 0) is 24.3 Å². The zero-order valence-electron chi connectivity index (χ0n) is 39.0. The predicted molar refractivity (Wildman–Crippen MR) is 270 cm³/mol. The first kappa shape index (κ1) is 46.8. The summed E-state index contributed by atoms with van der Waals surface area (Å²) in [5, 5.41) is 42.5. The number of hydrogen-bond acceptors (Lipinski definition) is 13. The van der Waals surface area contributed by atoms with Crippen molar-refractivity contribution in [3.63, 3.8) is 0 Å². The molecule has 0 unspecified atom stereocenters. The Kier molecular flexibility index (Phi) is 13.9. The van der Waals surface area contributed by atoms with Crippen LogP contribution in [0.5, 0.6) is 17.5 Å². The number of rotatable bonds is 15. The summed E-state index contributed by atoms with van der Waals surface area (Å²) in [4.78, 5) is 35.7. The van der Waals surface area contributed by atoms with Crippen LogP contribution in [-0.4, -0.2) is 137 Å². The minimum absolute atomic E-state index is 0.0103. The molecule has 356 valence electrons. The number of halogens is 1. The SMILES string of the molecule is C=CC(=O)N1CCN(c2nc(OCC3(CN4CCN(Cc5ccc(N(CO)/C(=N\N=C)c6cc(C(C)C)c(O)cc6O)cc5)CC4)CC3)nc3c2CCN(c2cccc4cccc(Cl)c24)C3)CC1. The first-order valence-corrected chi connectivity index (χ1v) is 24.0. The molecular weight excluding hydrogens is 880 g/mol. The molecule has 3 aliphatic heterocycles. The van der Waals surface area contributed by atoms with Gasteiger partial charge < -0.3 is 44.6 Å². The summed E-state index contributed by atoms with van der Waals surface area (Å²) < 4.78 is 6.63. The molecule has 3 N–H and O–H groups in total. The van der Waals surface area contributed by atoms with Crippen LogP contribution in [0.1, 0.15) is 60.6 Å². The molecule has 16 heteroatoms. The fourth-order valence-corrected chi connectivity index (χ4v) is 10.2. The predicted octanol–water partition coefficient (Wildman–Crippen LogP) is 7.01. The summed E-state index contributed by atoms with van der Waals surface area (Å²) in [6.07, 6.45) is 4.35. The van der Waals surface area contributed by atoms with Crippen molar-refractivity contribution in [1.82, 2.24) is 24.7 Å². The highest BCUT2D eigenvalue weighted by molar-refractivity contribution is 6.36. The molecule has 0 spiro atoms. The number of ether oxygens (including phenoxy) is 1. The Morgan fingerprint density at radius 3 is 2.31 bits per heavy atom. The van der Waals surface area contributed by atoms with Crippen LogP contribution in [0.15, 0.2) is 95.7 Å². The normalized spacial score (nSPS) is 17.6. The van der Waals surface area contributed by atoms with Crippen molar-refractivity contribution in [3.05, 3.63) is 118 Å². The van der Waals surface area contributed by atoms with E-state index in [4.69, 9.17) is 26.3 Å². The highest BCUT2D eigenvalue weighted by Gasteiger charge is 2.45. The molecule has 9 rings (SSSR count). The third-order valence-corrected chi connectivity index (χ3v) is 14.3. The zero-order valence-corrected chi connectivity index (χ0v) is 39.8. The first-order chi connectivity index (χ1) is 33.0. The molecule has 3 fully saturated rings. The summed E-state index contributed by atoms with van der Waals surface area (Å²) in [6.45, 7) is 20.7. The number of aliphatic hydroxyl groups is 1. The van der Waals surface area contributed by atoms with Gasteiger partial charge in [-0.15, -0.1) is 5.10 Å². The Labute approximate surface area is 403 Å². The lowest BCUT2D eigenvalue weighted by Gasteiger charge is -2.38. The molecule has 5 aromatic rings. The number of nitrogens with zero attached hydrogens (tertiary/aromatic N) is 10. The number of aliphatic hydroxyl groups excluding tert-OH is 1. The van der Waals surface area contributed by atoms with Crippen LogP contribution in [0, 0.1) is 5.41 Å². The molecule has 0 radical (unpaired) electrons. The topological polar surface area (TPSA) is 157 Å². The highest BCUT2D eigenvalue weighted by atomic mass is 35.5. The van der Waals surface area contributed by atoms with Gasteiger partial charge in [-0.1, -0.05) is 68.4 Å². The molecule has 1 amide bonds. The smallest absolute Gasteiger partial charge is 0.318 e. The van der Waals surface area contributed by atoms with E-state index < -0.39 is 6.73 Å². The van der Waals surface area contributed by atoms with Crippen LogP contribution >= 0.6 is 11.6 Å². The van der Waals surface area contributed by atoms with Crippen molar-refractivity contribution >= 4 is 58.0 Å². The van der Waals surface area contributed by atoms with E-state index in [2.05, 4.69) is 67.4 Å². The van der Waals surface area contributed by atoms with E-state index in [-0.39, 0.29) is 34.6 Å². The first-order valence-electron chi connectivity index (χ1n) is 23.6. The number of fused-ring (bicyclic) bond motifs is 2. The molecular formula is C52H61ClN10O5. The van der Waals surface area contributed by atoms with E-state index in [0.29, 0.717) is 62.2 Å². The largest absolute Gasteiger partial charge is 0.508 e. The number of amidine groups is 1. The number of hydrogen-bond donors (Lipinski definition) is 3. The third-order valence-electron chi connectivity index (χ3n) is 14.0. The number of piperazine rings is 2. The number of aromatic hydroxyl groups is 2. The molecule has 1 aliphatic carbocycles. The molecule has 1 aromatic heterocycles. The van der Waals surface area contributed by atoms with Gasteiger partial charge in [0.15, 0.2) is 5.84 Å². The molecule has 0 atom stereocenters. The second-order valence-corrected chi connectivity index (χ2v) is 19.2. The lowest BCUT2D eigenvalue weighted by atomic mass is 9.98. The monoisotopic (exact) mass is 940 g/mol. The quantitative estimate of drug-likeness (QED) is 0.0325. The summed E-state index contributed by atoms with van der Waals surface area (Å²) in [5.74, 6) is 0.880. The van der Waals surface area contributed by atoms with Crippen molar-refractivity contribution in [2.45, 2.75) is 52.1 Å². The van der Waals surface area contributed by atoms with Gasteiger partial charge in [0.25, 0.3) is 0 Å². The van der Waals surface area contributed by atoms with Gasteiger partial charge in [-0.3, -0.25) is 9.69 Å². The number of phenolic OH excluding ortho intramolecular Hbond substituents is 2. The van der Waals surface area contributed by atoms with Gasteiger partial charge in [0.1, 0.15) is 24.0 Å². The number of carbonyl (C=O) groups is 1. The van der Waals surface area contributed by atoms with Crippen molar-refractivity contribution < 1.29 is 24.9 Å². The third kappa shape index (κ3) is 9.98. The summed E-state index contributed by atoms with van der Waals surface area (Å²) in [5.41, 5.74) is 6.03. The molecule has 4 heterocycles. The molecule has 68 heavy (non-hydrogen) atoms. The molecule has 0 bridgehead atoms. The zero-order chi connectivity index (χ0) is 47.5. The minimum Gasteiger partial charge on any atom is -0.508 e. The van der Waals surface area contributed by atoms with E-state index in [9.17, 15) is 20.1 Å². The number of amides is 1. The van der Waals surface area contributed by atoms with Gasteiger partial charge in [0.2, 0.25) is 5.91 Å². The number of benzene rings is 4. The highest BCUT2D eigenvalue weighted by Crippen LogP contribution is 2.47. The number of aromatic nitrogens is 2. The Balaban J connectivity index is 0.834. The van der Waals surface area contributed by atoms with Gasteiger partial charge in [0.05, 0.1) is 29.4 Å². The van der Waals surface area contributed by atoms with Crippen molar-refractivity contribution in [2.75, 3.05) is 93.5 Å². The maximum Gasteiger partial charge on any atom is 0.318 e. The number of phenols is 2. The average molecular weight is 942 g/mol. The van der Waals surface area contributed by atoms with Crippen LogP contribution in [0.3, 0.4) is 0 Å². The van der Waals surface area contributed by atoms with E-state index in [1.807, 2.05) is 55.1 Å². The standard InChI is InChI=1S/C52H61ClN10O5/c1-5-47(67)60-24-26-61(27-25-60)49-39-16-19-62(44-11-7-9-37-8-6-10-42(53)48(37)44)31-43(39)55-51(56-49)68-33-52(17-18-52)32-59-22-20-58(21-23-59)30-36-12-14-38(15-13-36)63(34-64)50(57-54-4)41-28-40(35(2)3)45(65)29-46(41)66/h5-15,28-29,35,64-66H,1,4,16-27,30-34H2,2-3H3/b57-50-. The van der Waals surface area contributed by atoms with Crippen LogP contribution in [0.4, 0.5) is 17.2 Å². The Morgan fingerprint density at radius 2 is 1.63 bits per heavy atom. The van der Waals surface area contributed by atoms with Crippen molar-refractivity contribution in [1.29, 1.82) is 0 Å². The van der Waals surface area contributed by atoms with E-state index in [1.54, 1.807) is 11.0 Å². The lowest BCUT2D eigenvalue weighted by molar-refractivity contribution is -0.126. The molecule has 15 nitrogen and oxygen atoms in total. The van der Waals surface area contributed by atoms with Gasteiger partial charge in [-0.05, 0) is 78.1 Å². The summed E-state index contributed by atoms with van der Waals surface area (Å²) in [6, 6.07) is 23.7. The summed E-state index contributed by atoms with van der Waals surface area (Å²) in [7, 11) is 0. The maximum atomic E-state index is 12.4. The van der Waals surface area contributed by atoms with Gasteiger partial charge in [-0.2, -0.15) is 15.1 Å². The van der Waals surface area contributed by atoms with Crippen molar-refractivity contribution in [2.24, 2.45) is 15.6 Å². The van der Waals surface area contributed by atoms with E-state index in [1.165, 1.54) is 12.1 Å². The number of carbonyl (C=O) groups excluding carboxylic acids is 1. The summed E-state index contributed by atoms with van der Waals surface area (Å²) >= 11 is 6.80. The second-order valence-electron chi connectivity index (χ2n) is 18.8. The van der Waals surface area contributed by atoms with Gasteiger partial charge in [0, 0.05) is 113 Å². The molecule has 2 saturated heterocycles. The maximum absolute atomic E-state index is 12.4. The molecule has 1 saturated carbocycles. The molecule has 4 aromatic carbocycles. The van der Waals surface area contributed by atoms with Crippen molar-refractivity contribution in [3.8, 4) is 17.5 Å². The molecule has 4 aliphatic rings. The van der Waals surface area contributed by atoms with E-state index >= 15 is 0 Å². The average Bonchev–Trinajstić information content (AvgIpc) is 4.12.